The van der Waals surface area contributed by atoms with Crippen LogP contribution in [0.15, 0.2) is 12.1 Å². The lowest BCUT2D eigenvalue weighted by atomic mass is 9.83. The zero-order chi connectivity index (χ0) is 19.3. The van der Waals surface area contributed by atoms with Crippen molar-refractivity contribution in [2.75, 3.05) is 13.1 Å². The van der Waals surface area contributed by atoms with E-state index in [1.807, 2.05) is 4.68 Å². The van der Waals surface area contributed by atoms with Gasteiger partial charge in [0.15, 0.2) is 23.3 Å². The Labute approximate surface area is 162 Å². The molecular weight excluding hydrogens is 365 g/mol. The normalized spacial score (nSPS) is 29.5. The van der Waals surface area contributed by atoms with Crippen molar-refractivity contribution in [1.82, 2.24) is 20.1 Å². The van der Waals surface area contributed by atoms with E-state index < -0.39 is 17.5 Å². The first-order valence-electron chi connectivity index (χ1n) is 10.4. The van der Waals surface area contributed by atoms with Crippen LogP contribution in [0.2, 0.25) is 0 Å². The lowest BCUT2D eigenvalue weighted by Crippen LogP contribution is -2.39. The molecule has 2 bridgehead atoms. The van der Waals surface area contributed by atoms with Gasteiger partial charge in [-0.3, -0.25) is 0 Å². The molecule has 0 amide bonds. The molecule has 4 nitrogen and oxygen atoms in total. The highest BCUT2D eigenvalue weighted by atomic mass is 19.2. The summed E-state index contributed by atoms with van der Waals surface area (Å²) in [6, 6.07) is 2.36. The molecule has 1 aromatic carbocycles. The van der Waals surface area contributed by atoms with Crippen LogP contribution >= 0.6 is 0 Å². The molecule has 150 valence electrons. The van der Waals surface area contributed by atoms with Crippen molar-refractivity contribution in [2.24, 2.45) is 17.8 Å². The number of hydrogen-bond acceptors (Lipinski definition) is 3. The van der Waals surface area contributed by atoms with Crippen LogP contribution < -0.4 is 5.32 Å². The Balaban J connectivity index is 1.46. The molecule has 1 aromatic heterocycles. The predicted octanol–water partition coefficient (Wildman–Crippen LogP) is 3.80. The molecule has 0 radical (unpaired) electrons. The van der Waals surface area contributed by atoms with Crippen LogP contribution in [0.3, 0.4) is 0 Å². The Bertz CT molecular complexity index is 865. The fraction of sp³-hybridized carbons (Fsp3) is 0.619. The molecule has 1 aliphatic carbocycles. The number of nitrogens with one attached hydrogen (secondary N) is 1. The van der Waals surface area contributed by atoms with Gasteiger partial charge in [0, 0.05) is 24.4 Å². The van der Waals surface area contributed by atoms with E-state index in [4.69, 9.17) is 10.1 Å². The minimum absolute atomic E-state index is 0.183. The molecule has 28 heavy (non-hydrogen) atoms. The number of fused-ring (bicyclic) bond motifs is 3. The Morgan fingerprint density at radius 2 is 1.79 bits per heavy atom. The SMILES string of the molecule is Fc1ccc(C2CCCCn3nc(CC4[C@@H]5CC[C@H]4CNC5)nc32)c(F)c1F. The first kappa shape index (κ1) is 18.2. The Morgan fingerprint density at radius 1 is 1.00 bits per heavy atom. The van der Waals surface area contributed by atoms with E-state index >= 15 is 0 Å². The summed E-state index contributed by atoms with van der Waals surface area (Å²) in [5.41, 5.74) is 0.183. The minimum Gasteiger partial charge on any atom is -0.316 e. The van der Waals surface area contributed by atoms with E-state index in [0.29, 0.717) is 30.0 Å². The van der Waals surface area contributed by atoms with E-state index in [1.165, 1.54) is 18.9 Å². The summed E-state index contributed by atoms with van der Waals surface area (Å²) in [5, 5.41) is 8.25. The molecule has 7 heteroatoms. The van der Waals surface area contributed by atoms with Crippen LogP contribution in [0.4, 0.5) is 13.2 Å². The number of benzene rings is 1. The second-order valence-corrected chi connectivity index (χ2v) is 8.55. The fourth-order valence-electron chi connectivity index (χ4n) is 5.50. The number of halogens is 3. The Morgan fingerprint density at radius 3 is 2.57 bits per heavy atom. The maximum Gasteiger partial charge on any atom is 0.194 e. The van der Waals surface area contributed by atoms with Gasteiger partial charge < -0.3 is 5.32 Å². The second-order valence-electron chi connectivity index (χ2n) is 8.55. The maximum absolute atomic E-state index is 14.5. The molecule has 3 aliphatic rings. The molecule has 0 spiro atoms. The molecule has 5 rings (SSSR count). The minimum atomic E-state index is -1.40. The third-order valence-electron chi connectivity index (χ3n) is 6.96. The fourth-order valence-corrected chi connectivity index (χ4v) is 5.50. The zero-order valence-electron chi connectivity index (χ0n) is 15.8. The summed E-state index contributed by atoms with van der Waals surface area (Å²) >= 11 is 0. The van der Waals surface area contributed by atoms with Crippen LogP contribution in [0, 0.1) is 35.2 Å². The lowest BCUT2D eigenvalue weighted by Gasteiger charge is -2.29. The van der Waals surface area contributed by atoms with Gasteiger partial charge in [-0.1, -0.05) is 12.5 Å². The molecule has 1 saturated carbocycles. The highest BCUT2D eigenvalue weighted by Crippen LogP contribution is 2.41. The summed E-state index contributed by atoms with van der Waals surface area (Å²) in [5.74, 6) is -0.567. The van der Waals surface area contributed by atoms with Gasteiger partial charge >= 0.3 is 0 Å². The number of nitrogens with zero attached hydrogens (tertiary/aromatic N) is 3. The largest absolute Gasteiger partial charge is 0.316 e. The van der Waals surface area contributed by atoms with Gasteiger partial charge in [0.1, 0.15) is 5.82 Å². The van der Waals surface area contributed by atoms with Gasteiger partial charge in [-0.05, 0) is 62.6 Å². The molecule has 2 fully saturated rings. The molecule has 3 heterocycles. The van der Waals surface area contributed by atoms with Gasteiger partial charge in [-0.2, -0.15) is 5.10 Å². The lowest BCUT2D eigenvalue weighted by molar-refractivity contribution is 0.241. The third kappa shape index (κ3) is 3.04. The smallest absolute Gasteiger partial charge is 0.194 e. The van der Waals surface area contributed by atoms with Crippen molar-refractivity contribution >= 4 is 0 Å². The molecular formula is C21H25F3N4. The number of hydrogen-bond donors (Lipinski definition) is 1. The molecule has 1 N–H and O–H groups in total. The third-order valence-corrected chi connectivity index (χ3v) is 6.96. The Kier molecular flexibility index (Phi) is 4.65. The summed E-state index contributed by atoms with van der Waals surface area (Å²) in [6.45, 7) is 2.87. The second kappa shape index (κ2) is 7.17. The van der Waals surface area contributed by atoms with Gasteiger partial charge in [-0.25, -0.2) is 22.8 Å². The molecule has 4 atom stereocenters. The molecule has 2 aliphatic heterocycles. The topological polar surface area (TPSA) is 42.7 Å². The monoisotopic (exact) mass is 390 g/mol. The number of aryl methyl sites for hydroxylation is 1. The molecule has 2 unspecified atom stereocenters. The summed E-state index contributed by atoms with van der Waals surface area (Å²) in [4.78, 5) is 4.80. The van der Waals surface area contributed by atoms with Crippen molar-refractivity contribution in [2.45, 2.75) is 51.0 Å². The first-order chi connectivity index (χ1) is 13.6. The van der Waals surface area contributed by atoms with E-state index in [9.17, 15) is 13.2 Å². The maximum atomic E-state index is 14.5. The van der Waals surface area contributed by atoms with Gasteiger partial charge in [0.05, 0.1) is 0 Å². The van der Waals surface area contributed by atoms with Crippen LogP contribution in [0.1, 0.15) is 55.2 Å². The highest BCUT2D eigenvalue weighted by Gasteiger charge is 2.39. The average Bonchev–Trinajstić information content (AvgIpc) is 3.08. The van der Waals surface area contributed by atoms with Crippen molar-refractivity contribution < 1.29 is 13.2 Å². The van der Waals surface area contributed by atoms with Crippen LogP contribution in [-0.2, 0) is 13.0 Å². The summed E-state index contributed by atoms with van der Waals surface area (Å²) in [6.07, 6.45) is 5.85. The van der Waals surface area contributed by atoms with Crippen LogP contribution in [-0.4, -0.2) is 27.9 Å². The van der Waals surface area contributed by atoms with Gasteiger partial charge in [0.2, 0.25) is 0 Å². The number of piperidine rings is 1. The van der Waals surface area contributed by atoms with E-state index in [0.717, 1.165) is 50.8 Å². The Hall–Kier alpha value is -1.89. The van der Waals surface area contributed by atoms with E-state index in [-0.39, 0.29) is 11.5 Å². The molecule has 1 saturated heterocycles. The van der Waals surface area contributed by atoms with Crippen molar-refractivity contribution in [3.05, 3.63) is 46.8 Å². The number of aromatic nitrogens is 3. The van der Waals surface area contributed by atoms with Crippen molar-refractivity contribution in [3.63, 3.8) is 0 Å². The zero-order valence-corrected chi connectivity index (χ0v) is 15.8. The quantitative estimate of drug-likeness (QED) is 0.811. The van der Waals surface area contributed by atoms with E-state index in [1.54, 1.807) is 0 Å². The van der Waals surface area contributed by atoms with Gasteiger partial charge in [-0.15, -0.1) is 0 Å². The van der Waals surface area contributed by atoms with Crippen LogP contribution in [0.25, 0.3) is 0 Å². The average molecular weight is 390 g/mol. The van der Waals surface area contributed by atoms with Crippen LogP contribution in [0.5, 0.6) is 0 Å². The number of rotatable bonds is 3. The summed E-state index contributed by atoms with van der Waals surface area (Å²) < 4.78 is 43.6. The molecule has 2 aromatic rings. The van der Waals surface area contributed by atoms with Crippen molar-refractivity contribution in [1.29, 1.82) is 0 Å². The first-order valence-corrected chi connectivity index (χ1v) is 10.4. The summed E-state index contributed by atoms with van der Waals surface area (Å²) in [7, 11) is 0. The van der Waals surface area contributed by atoms with Crippen molar-refractivity contribution in [3.8, 4) is 0 Å². The highest BCUT2D eigenvalue weighted by molar-refractivity contribution is 5.29. The standard InChI is InChI=1S/C21H25F3N4/c22-17-7-6-14(19(23)20(17)24)15-3-1-2-8-28-21(15)26-18(27-28)9-16-12-4-5-13(16)11-25-10-12/h6-7,12-13,15-16,25H,1-5,8-11H2/t12-,13+,15?,16?. The van der Waals surface area contributed by atoms with E-state index in [2.05, 4.69) is 5.32 Å². The van der Waals surface area contributed by atoms with Gasteiger partial charge in [0.25, 0.3) is 0 Å². The predicted molar refractivity (Wildman–Crippen MR) is 98.3 cm³/mol.